The van der Waals surface area contributed by atoms with E-state index in [1.165, 1.54) is 12.8 Å². The predicted molar refractivity (Wildman–Crippen MR) is 94.3 cm³/mol. The first-order chi connectivity index (χ1) is 11.7. The van der Waals surface area contributed by atoms with Gasteiger partial charge in [0.05, 0.1) is 14.2 Å². The van der Waals surface area contributed by atoms with Gasteiger partial charge in [0.1, 0.15) is 11.5 Å². The summed E-state index contributed by atoms with van der Waals surface area (Å²) in [4.78, 5) is 14.1. The fraction of sp³-hybridized carbons (Fsp3) is 0.611. The van der Waals surface area contributed by atoms with Gasteiger partial charge in [0.25, 0.3) is 0 Å². The number of piperidine rings is 1. The van der Waals surface area contributed by atoms with Crippen LogP contribution in [0, 0.1) is 0 Å². The molecule has 2 rings (SSSR count). The summed E-state index contributed by atoms with van der Waals surface area (Å²) in [6.45, 7) is 2.88. The van der Waals surface area contributed by atoms with E-state index in [1.807, 2.05) is 18.2 Å². The van der Waals surface area contributed by atoms with E-state index in [2.05, 4.69) is 10.2 Å². The van der Waals surface area contributed by atoms with E-state index in [4.69, 9.17) is 15.2 Å². The average Bonchev–Trinajstić information content (AvgIpc) is 2.61. The van der Waals surface area contributed by atoms with E-state index < -0.39 is 0 Å². The number of hydrogen-bond acceptors (Lipinski definition) is 5. The van der Waals surface area contributed by atoms with Gasteiger partial charge in [-0.2, -0.15) is 0 Å². The summed E-state index contributed by atoms with van der Waals surface area (Å²) in [5.74, 6) is 1.73. The highest BCUT2D eigenvalue weighted by molar-refractivity contribution is 5.76. The summed E-state index contributed by atoms with van der Waals surface area (Å²) in [6.07, 6.45) is 3.86. The molecule has 1 heterocycles. The molecule has 1 aromatic rings. The van der Waals surface area contributed by atoms with Crippen molar-refractivity contribution in [1.82, 2.24) is 10.2 Å². The standard InChI is InChI=1S/C18H29N3O3/c1-23-16-6-7-17(24-2)14(11-16)13-21-10-4-3-5-15(21)12-20-18(22)8-9-19/h6-7,11,15H,3-5,8-10,12-13,19H2,1-2H3,(H,20,22). The maximum Gasteiger partial charge on any atom is 0.221 e. The average molecular weight is 335 g/mol. The van der Waals surface area contributed by atoms with Crippen molar-refractivity contribution in [2.45, 2.75) is 38.3 Å². The molecule has 0 aromatic heterocycles. The summed E-state index contributed by atoms with van der Waals surface area (Å²) >= 11 is 0. The Labute approximate surface area is 144 Å². The molecule has 1 amide bonds. The van der Waals surface area contributed by atoms with Crippen LogP contribution in [-0.2, 0) is 11.3 Å². The van der Waals surface area contributed by atoms with Gasteiger partial charge >= 0.3 is 0 Å². The van der Waals surface area contributed by atoms with Crippen molar-refractivity contribution in [3.8, 4) is 11.5 Å². The van der Waals surface area contributed by atoms with Crippen LogP contribution >= 0.6 is 0 Å². The molecule has 0 spiro atoms. The Morgan fingerprint density at radius 1 is 1.33 bits per heavy atom. The molecule has 1 aliphatic heterocycles. The highest BCUT2D eigenvalue weighted by Gasteiger charge is 2.24. The monoisotopic (exact) mass is 335 g/mol. The van der Waals surface area contributed by atoms with Crippen LogP contribution in [0.3, 0.4) is 0 Å². The minimum absolute atomic E-state index is 0.0296. The van der Waals surface area contributed by atoms with Crippen molar-refractivity contribution < 1.29 is 14.3 Å². The van der Waals surface area contributed by atoms with Crippen LogP contribution in [-0.4, -0.2) is 50.7 Å². The second-order valence-electron chi connectivity index (χ2n) is 6.14. The first-order valence-electron chi connectivity index (χ1n) is 8.59. The van der Waals surface area contributed by atoms with E-state index in [0.717, 1.165) is 36.6 Å². The van der Waals surface area contributed by atoms with Gasteiger partial charge in [0, 0.05) is 37.7 Å². The first kappa shape index (κ1) is 18.5. The summed E-state index contributed by atoms with van der Waals surface area (Å²) in [7, 11) is 3.36. The Hall–Kier alpha value is -1.79. The molecular formula is C18H29N3O3. The van der Waals surface area contributed by atoms with Crippen LogP contribution in [0.25, 0.3) is 0 Å². The molecular weight excluding hydrogens is 306 g/mol. The van der Waals surface area contributed by atoms with Crippen molar-refractivity contribution in [3.63, 3.8) is 0 Å². The number of carbonyl (C=O) groups excluding carboxylic acids is 1. The smallest absolute Gasteiger partial charge is 0.221 e. The number of nitrogens with one attached hydrogen (secondary N) is 1. The van der Waals surface area contributed by atoms with E-state index in [0.29, 0.717) is 25.6 Å². The van der Waals surface area contributed by atoms with E-state index in [-0.39, 0.29) is 5.91 Å². The highest BCUT2D eigenvalue weighted by Crippen LogP contribution is 2.27. The molecule has 0 aliphatic carbocycles. The molecule has 1 aliphatic rings. The van der Waals surface area contributed by atoms with Crippen LogP contribution in [0.4, 0.5) is 0 Å². The van der Waals surface area contributed by atoms with Crippen molar-refractivity contribution in [2.24, 2.45) is 5.73 Å². The molecule has 6 nitrogen and oxygen atoms in total. The summed E-state index contributed by atoms with van der Waals surface area (Å²) in [5.41, 5.74) is 6.54. The number of likely N-dealkylation sites (tertiary alicyclic amines) is 1. The SMILES string of the molecule is COc1ccc(OC)c(CN2CCCCC2CNC(=O)CCN)c1. The van der Waals surface area contributed by atoms with Crippen LogP contribution < -0.4 is 20.5 Å². The summed E-state index contributed by atoms with van der Waals surface area (Å²) < 4.78 is 10.8. The Balaban J connectivity index is 2.03. The van der Waals surface area contributed by atoms with Gasteiger partial charge in [-0.15, -0.1) is 0 Å². The van der Waals surface area contributed by atoms with Gasteiger partial charge in [0.2, 0.25) is 5.91 Å². The minimum atomic E-state index is 0.0296. The zero-order valence-corrected chi connectivity index (χ0v) is 14.7. The zero-order valence-electron chi connectivity index (χ0n) is 14.7. The number of methoxy groups -OCH3 is 2. The molecule has 1 aromatic carbocycles. The van der Waals surface area contributed by atoms with Crippen LogP contribution in [0.2, 0.25) is 0 Å². The lowest BCUT2D eigenvalue weighted by molar-refractivity contribution is -0.121. The van der Waals surface area contributed by atoms with Gasteiger partial charge in [-0.1, -0.05) is 6.42 Å². The Morgan fingerprint density at radius 2 is 2.17 bits per heavy atom. The van der Waals surface area contributed by atoms with Crippen molar-refractivity contribution in [2.75, 3.05) is 33.9 Å². The third-order valence-corrected chi connectivity index (χ3v) is 4.52. The number of carbonyl (C=O) groups is 1. The maximum absolute atomic E-state index is 11.7. The Morgan fingerprint density at radius 3 is 2.88 bits per heavy atom. The molecule has 1 unspecified atom stereocenters. The number of rotatable bonds is 8. The van der Waals surface area contributed by atoms with Gasteiger partial charge in [0.15, 0.2) is 0 Å². The number of benzene rings is 1. The lowest BCUT2D eigenvalue weighted by atomic mass is 10.0. The van der Waals surface area contributed by atoms with Gasteiger partial charge in [-0.25, -0.2) is 0 Å². The van der Waals surface area contributed by atoms with Gasteiger partial charge < -0.3 is 20.5 Å². The second-order valence-corrected chi connectivity index (χ2v) is 6.14. The predicted octanol–water partition coefficient (Wildman–Crippen LogP) is 1.52. The van der Waals surface area contributed by atoms with Crippen molar-refractivity contribution >= 4 is 5.91 Å². The van der Waals surface area contributed by atoms with Gasteiger partial charge in [-0.05, 0) is 37.6 Å². The largest absolute Gasteiger partial charge is 0.497 e. The fourth-order valence-electron chi connectivity index (χ4n) is 3.17. The molecule has 0 bridgehead atoms. The minimum Gasteiger partial charge on any atom is -0.497 e. The van der Waals surface area contributed by atoms with Crippen LogP contribution in [0.1, 0.15) is 31.2 Å². The summed E-state index contributed by atoms with van der Waals surface area (Å²) in [5, 5.41) is 3.00. The van der Waals surface area contributed by atoms with E-state index >= 15 is 0 Å². The number of hydrogen-bond donors (Lipinski definition) is 2. The van der Waals surface area contributed by atoms with Crippen molar-refractivity contribution in [1.29, 1.82) is 0 Å². The zero-order chi connectivity index (χ0) is 17.4. The molecule has 1 fully saturated rings. The van der Waals surface area contributed by atoms with Crippen LogP contribution in [0.5, 0.6) is 11.5 Å². The van der Waals surface area contributed by atoms with Crippen LogP contribution in [0.15, 0.2) is 18.2 Å². The topological polar surface area (TPSA) is 76.8 Å². The maximum atomic E-state index is 11.7. The fourth-order valence-corrected chi connectivity index (χ4v) is 3.17. The first-order valence-corrected chi connectivity index (χ1v) is 8.59. The van der Waals surface area contributed by atoms with E-state index in [1.54, 1.807) is 14.2 Å². The third kappa shape index (κ3) is 5.11. The number of nitrogens with zero attached hydrogens (tertiary/aromatic N) is 1. The quantitative estimate of drug-likeness (QED) is 0.753. The Bertz CT molecular complexity index is 536. The molecule has 1 atom stereocenters. The number of amides is 1. The Kier molecular flexibility index (Phi) is 7.34. The molecule has 0 radical (unpaired) electrons. The molecule has 0 saturated carbocycles. The third-order valence-electron chi connectivity index (χ3n) is 4.52. The molecule has 134 valence electrons. The van der Waals surface area contributed by atoms with Crippen molar-refractivity contribution in [3.05, 3.63) is 23.8 Å². The molecule has 6 heteroatoms. The molecule has 24 heavy (non-hydrogen) atoms. The lowest BCUT2D eigenvalue weighted by Crippen LogP contribution is -2.46. The van der Waals surface area contributed by atoms with E-state index in [9.17, 15) is 4.79 Å². The number of ether oxygens (including phenoxy) is 2. The molecule has 1 saturated heterocycles. The second kappa shape index (κ2) is 9.49. The number of nitrogens with two attached hydrogens (primary N) is 1. The lowest BCUT2D eigenvalue weighted by Gasteiger charge is -2.36. The summed E-state index contributed by atoms with van der Waals surface area (Å²) in [6, 6.07) is 6.22. The molecule has 3 N–H and O–H groups in total. The normalized spacial score (nSPS) is 18.2. The van der Waals surface area contributed by atoms with Gasteiger partial charge in [-0.3, -0.25) is 9.69 Å². The highest BCUT2D eigenvalue weighted by atomic mass is 16.5.